The van der Waals surface area contributed by atoms with Crippen molar-refractivity contribution in [3.05, 3.63) is 107 Å². The van der Waals surface area contributed by atoms with Crippen molar-refractivity contribution in [2.75, 3.05) is 85.1 Å². The molecule has 0 saturated heterocycles. The number of amides is 1. The zero-order valence-electron chi connectivity index (χ0n) is 43.9. The molecule has 0 saturated carbocycles. The number of H-pyrrole nitrogens is 1. The Kier molecular flexibility index (Phi) is 24.2. The van der Waals surface area contributed by atoms with Crippen molar-refractivity contribution < 1.29 is 93.8 Å². The highest BCUT2D eigenvalue weighted by Crippen LogP contribution is 2.49. The monoisotopic (exact) mass is 1180 g/mol. The van der Waals surface area contributed by atoms with Gasteiger partial charge in [0.15, 0.2) is 36.9 Å². The van der Waals surface area contributed by atoms with E-state index >= 15 is 0 Å². The molecule has 6 N–H and O–H groups in total. The molecule has 0 bridgehead atoms. The first-order chi connectivity index (χ1) is 38.2. The molecule has 34 heteroatoms. The van der Waals surface area contributed by atoms with E-state index in [1.807, 2.05) is 43.3 Å². The summed E-state index contributed by atoms with van der Waals surface area (Å²) in [5.41, 5.74) is 4.41. The second kappa shape index (κ2) is 30.9. The van der Waals surface area contributed by atoms with Crippen molar-refractivity contribution >= 4 is 52.2 Å². The molecular formula is C46H62N12O19P3+. The van der Waals surface area contributed by atoms with Crippen LogP contribution in [0.5, 0.6) is 17.2 Å². The van der Waals surface area contributed by atoms with E-state index in [-0.39, 0.29) is 81.1 Å². The molecule has 5 aromatic rings. The van der Waals surface area contributed by atoms with Crippen LogP contribution in [0.15, 0.2) is 105 Å². The smallest absolute Gasteiger partial charge is 0.474 e. The fourth-order valence-corrected chi connectivity index (χ4v) is 8.58. The zero-order valence-corrected chi connectivity index (χ0v) is 46.6. The second-order valence-corrected chi connectivity index (χ2v) is 21.6. The predicted molar refractivity (Wildman–Crippen MR) is 278 cm³/mol. The SMILES string of the molecule is CN(C)c1ccc(N=Nc2ccc(C(=O)NCCCOCC(O)COP(=O)(O)OCOP(=O)(O)OCCOP(=O)(O)OCCCC(=O)c3cc(OCc4cn(C)nn4)c(OCC4=CCN=N4)c(OCc4c[n+](C)[nH]n4)c3)cc2)cc1. The van der Waals surface area contributed by atoms with Crippen LogP contribution in [0.4, 0.5) is 17.1 Å². The van der Waals surface area contributed by atoms with Crippen molar-refractivity contribution in [1.82, 2.24) is 30.6 Å². The number of aromatic nitrogens is 6. The fourth-order valence-electron chi connectivity index (χ4n) is 6.57. The van der Waals surface area contributed by atoms with Crippen LogP contribution in [0, 0.1) is 0 Å². The number of hydrogen-bond acceptors (Lipinski definition) is 24. The van der Waals surface area contributed by atoms with E-state index < -0.39 is 68.6 Å². The molecular weight excluding hydrogens is 1120 g/mol. The molecule has 31 nitrogen and oxygen atoms in total. The minimum Gasteiger partial charge on any atom is -0.483 e. The van der Waals surface area contributed by atoms with Crippen LogP contribution in [-0.4, -0.2) is 143 Å². The maximum atomic E-state index is 13.6. The summed E-state index contributed by atoms with van der Waals surface area (Å²) in [5.74, 6) is -0.330. The highest BCUT2D eigenvalue weighted by atomic mass is 31.2. The lowest BCUT2D eigenvalue weighted by Gasteiger charge is -2.18. The number of Topliss-reactive ketones (excluding diaryl/α,β-unsaturated/α-hetero) is 1. The summed E-state index contributed by atoms with van der Waals surface area (Å²) in [6, 6.07) is 17.0. The Bertz CT molecular complexity index is 2990. The number of rotatable bonds is 37. The Morgan fingerprint density at radius 1 is 0.787 bits per heavy atom. The van der Waals surface area contributed by atoms with Crippen molar-refractivity contribution in [1.29, 1.82) is 0 Å². The number of aliphatic hydroxyl groups is 1. The van der Waals surface area contributed by atoms with Gasteiger partial charge in [-0.1, -0.05) is 10.4 Å². The lowest BCUT2D eigenvalue weighted by atomic mass is 10.1. The molecule has 6 rings (SSSR count). The lowest BCUT2D eigenvalue weighted by Crippen LogP contribution is -2.28. The van der Waals surface area contributed by atoms with Crippen LogP contribution < -0.4 is 29.1 Å². The quantitative estimate of drug-likeness (QED) is 0.00738. The van der Waals surface area contributed by atoms with Crippen LogP contribution in [0.2, 0.25) is 0 Å². The van der Waals surface area contributed by atoms with Gasteiger partial charge in [0.2, 0.25) is 5.75 Å². The molecule has 4 atom stereocenters. The number of phosphoric ester groups is 3. The molecule has 3 heterocycles. The maximum Gasteiger partial charge on any atom is 0.474 e. The zero-order chi connectivity index (χ0) is 57.5. The normalized spacial score (nSPS) is 15.0. The summed E-state index contributed by atoms with van der Waals surface area (Å²) in [5, 5.41) is 44.1. The number of phosphoric acid groups is 3. The van der Waals surface area contributed by atoms with Crippen LogP contribution in [0.3, 0.4) is 0 Å². The number of ketones is 1. The average molecular weight is 1180 g/mol. The third kappa shape index (κ3) is 22.2. The third-order valence-electron chi connectivity index (χ3n) is 10.5. The van der Waals surface area contributed by atoms with E-state index in [1.54, 1.807) is 61.5 Å². The average Bonchev–Trinajstić information content (AvgIpc) is 4.22. The molecule has 0 radical (unpaired) electrons. The van der Waals surface area contributed by atoms with E-state index in [0.717, 1.165) is 5.69 Å². The molecule has 80 heavy (non-hydrogen) atoms. The number of aliphatic hydroxyl groups excluding tert-OH is 1. The molecule has 1 aliphatic rings. The summed E-state index contributed by atoms with van der Waals surface area (Å²) in [4.78, 5) is 58.1. The number of carbonyl (C=O) groups is 2. The number of carbonyl (C=O) groups excluding carboxylic acids is 2. The molecule has 434 valence electrons. The van der Waals surface area contributed by atoms with Gasteiger partial charge in [-0.05, 0) is 79.6 Å². The first kappa shape index (κ1) is 62.7. The number of nitrogens with one attached hydrogen (secondary N) is 2. The molecule has 0 aliphatic carbocycles. The van der Waals surface area contributed by atoms with Gasteiger partial charge in [0.05, 0.1) is 62.8 Å². The molecule has 1 aliphatic heterocycles. The first-order valence-corrected chi connectivity index (χ1v) is 28.8. The summed E-state index contributed by atoms with van der Waals surface area (Å²) in [6.07, 6.45) is 3.86. The number of ether oxygens (including phenoxy) is 4. The Balaban J connectivity index is 0.836. The highest BCUT2D eigenvalue weighted by molar-refractivity contribution is 7.48. The van der Waals surface area contributed by atoms with Gasteiger partial charge in [-0.2, -0.15) is 25.1 Å². The summed E-state index contributed by atoms with van der Waals surface area (Å²) in [7, 11) is -7.38. The van der Waals surface area contributed by atoms with Gasteiger partial charge in [0.25, 0.3) is 11.6 Å². The maximum absolute atomic E-state index is 13.6. The van der Waals surface area contributed by atoms with Gasteiger partial charge in [0, 0.05) is 62.6 Å². The number of benzene rings is 3. The lowest BCUT2D eigenvalue weighted by molar-refractivity contribution is -0.730. The minimum absolute atomic E-state index is 0.00997. The summed E-state index contributed by atoms with van der Waals surface area (Å²) < 4.78 is 91.8. The summed E-state index contributed by atoms with van der Waals surface area (Å²) >= 11 is 0. The van der Waals surface area contributed by atoms with Crippen LogP contribution in [-0.2, 0) is 72.9 Å². The molecule has 2 aromatic heterocycles. The van der Waals surface area contributed by atoms with Crippen LogP contribution in [0.1, 0.15) is 51.4 Å². The number of hydrogen-bond donors (Lipinski definition) is 6. The molecule has 1 amide bonds. The van der Waals surface area contributed by atoms with Crippen LogP contribution >= 0.6 is 23.5 Å². The van der Waals surface area contributed by atoms with Gasteiger partial charge < -0.3 is 49.0 Å². The Morgan fingerprint density at radius 3 is 2.01 bits per heavy atom. The number of aryl methyl sites for hydroxylation is 2. The van der Waals surface area contributed by atoms with E-state index in [9.17, 15) is 43.1 Å². The summed E-state index contributed by atoms with van der Waals surface area (Å²) in [6.45, 7) is -3.65. The van der Waals surface area contributed by atoms with E-state index in [2.05, 4.69) is 64.5 Å². The van der Waals surface area contributed by atoms with Gasteiger partial charge in [-0.15, -0.1) is 5.10 Å². The van der Waals surface area contributed by atoms with Crippen molar-refractivity contribution in [2.45, 2.75) is 38.6 Å². The number of nitrogens with zero attached hydrogens (tertiary/aromatic N) is 10. The van der Waals surface area contributed by atoms with Crippen molar-refractivity contribution in [2.24, 2.45) is 34.6 Å². The van der Waals surface area contributed by atoms with Crippen molar-refractivity contribution in [3.8, 4) is 17.2 Å². The number of anilines is 1. The Hall–Kier alpha value is -6.53. The standard InChI is InChI=1S/C46H61N12O19P3/c1-56(2)40-14-12-36(13-15-40)51-50-35-10-8-33(9-11-35)46(61)47-17-6-19-68-30-41(59)31-75-80(66,67)77-32-76-79(64,65)74-22-21-73-78(62,63)72-20-5-7-42(60)34-23-43(69-28-38-25-57(3)54-52-38)45(71-27-37-16-18-48-49-37)44(24-34)70-29-39-26-58(4)55-53-39/h8-16,23-26,41,59H,5-7,17-22,27-32H2,1-4H3,(H4,47,61,62,63,64,65,66,67)/p+1. The molecule has 3 aromatic carbocycles. The van der Waals surface area contributed by atoms with Gasteiger partial charge in [-0.3, -0.25) is 41.4 Å². The molecule has 4 unspecified atom stereocenters. The van der Waals surface area contributed by atoms with E-state index in [1.165, 1.54) is 16.8 Å². The predicted octanol–water partition coefficient (Wildman–Crippen LogP) is 5.25. The fraction of sp³-hybridized carbons (Fsp3) is 0.435. The minimum atomic E-state index is -4.98. The topological polar surface area (TPSA) is 387 Å². The molecule has 0 fully saturated rings. The Morgan fingerprint density at radius 2 is 1.41 bits per heavy atom. The Labute approximate surface area is 458 Å². The largest absolute Gasteiger partial charge is 0.483 e. The van der Waals surface area contributed by atoms with Gasteiger partial charge in [-0.25, -0.2) is 13.7 Å². The third-order valence-corrected chi connectivity index (χ3v) is 13.4. The van der Waals surface area contributed by atoms with Gasteiger partial charge >= 0.3 is 23.5 Å². The number of azo groups is 2. The van der Waals surface area contributed by atoms with Gasteiger partial charge in [0.1, 0.15) is 32.1 Å². The number of aromatic amines is 1. The first-order valence-electron chi connectivity index (χ1n) is 24.3. The van der Waals surface area contributed by atoms with E-state index in [4.69, 9.17) is 28.0 Å². The second-order valence-electron chi connectivity index (χ2n) is 17.2. The van der Waals surface area contributed by atoms with Crippen LogP contribution in [0.25, 0.3) is 0 Å². The van der Waals surface area contributed by atoms with Crippen molar-refractivity contribution in [3.63, 3.8) is 0 Å². The van der Waals surface area contributed by atoms with E-state index in [0.29, 0.717) is 47.0 Å². The highest BCUT2D eigenvalue weighted by Gasteiger charge is 2.29. The molecule has 0 spiro atoms.